The molecule has 1 aliphatic rings. The van der Waals surface area contributed by atoms with Crippen LogP contribution in [-0.4, -0.2) is 48.4 Å². The molecule has 0 amide bonds. The molecule has 1 saturated heterocycles. The molecule has 0 N–H and O–H groups in total. The van der Waals surface area contributed by atoms with Crippen LogP contribution >= 0.6 is 11.6 Å². The van der Waals surface area contributed by atoms with Crippen molar-refractivity contribution < 1.29 is 13.2 Å². The summed E-state index contributed by atoms with van der Waals surface area (Å²) in [6.07, 6.45) is -4.26. The smallest absolute Gasteiger partial charge is 0.300 e. The van der Waals surface area contributed by atoms with Crippen LogP contribution in [0.1, 0.15) is 11.1 Å². The van der Waals surface area contributed by atoms with Gasteiger partial charge in [-0.1, -0.05) is 12.1 Å². The fourth-order valence-corrected chi connectivity index (χ4v) is 2.59. The largest absolute Gasteiger partial charge is 0.416 e. The van der Waals surface area contributed by atoms with Crippen molar-refractivity contribution in [1.29, 1.82) is 0 Å². The molecule has 0 bridgehead atoms. The number of rotatable bonds is 4. The third-order valence-corrected chi connectivity index (χ3v) is 3.72. The van der Waals surface area contributed by atoms with Crippen LogP contribution in [0.4, 0.5) is 13.2 Å². The molecule has 1 aliphatic heterocycles. The van der Waals surface area contributed by atoms with E-state index in [1.165, 1.54) is 0 Å². The van der Waals surface area contributed by atoms with Crippen LogP contribution in [0.5, 0.6) is 0 Å². The van der Waals surface area contributed by atoms with Crippen LogP contribution in [0.25, 0.3) is 0 Å². The Morgan fingerprint density at radius 1 is 0.950 bits per heavy atom. The predicted molar refractivity (Wildman–Crippen MR) is 73.9 cm³/mol. The summed E-state index contributed by atoms with van der Waals surface area (Å²) in [6, 6.07) is 5.43. The monoisotopic (exact) mass is 306 g/mol. The number of benzene rings is 1. The van der Waals surface area contributed by atoms with Crippen molar-refractivity contribution in [2.45, 2.75) is 12.7 Å². The molecule has 2 nitrogen and oxygen atoms in total. The molecular formula is C14H18ClF3N2. The summed E-state index contributed by atoms with van der Waals surface area (Å²) in [6.45, 7) is 5.39. The minimum absolute atomic E-state index is 0.590. The van der Waals surface area contributed by atoms with Gasteiger partial charge in [0.15, 0.2) is 0 Å². The quantitative estimate of drug-likeness (QED) is 0.789. The molecule has 1 aromatic rings. The molecule has 2 rings (SSSR count). The Bertz CT molecular complexity index is 411. The number of hydrogen-bond acceptors (Lipinski definition) is 2. The van der Waals surface area contributed by atoms with Crippen LogP contribution in [-0.2, 0) is 12.7 Å². The zero-order valence-corrected chi connectivity index (χ0v) is 11.9. The maximum atomic E-state index is 12.5. The van der Waals surface area contributed by atoms with Gasteiger partial charge in [0.2, 0.25) is 0 Å². The summed E-state index contributed by atoms with van der Waals surface area (Å²) in [5.41, 5.74) is 0.331. The van der Waals surface area contributed by atoms with Gasteiger partial charge in [-0.3, -0.25) is 9.80 Å². The summed E-state index contributed by atoms with van der Waals surface area (Å²) in [4.78, 5) is 4.56. The lowest BCUT2D eigenvalue weighted by atomic mass is 10.1. The first-order chi connectivity index (χ1) is 9.49. The van der Waals surface area contributed by atoms with Gasteiger partial charge in [-0.25, -0.2) is 0 Å². The summed E-state index contributed by atoms with van der Waals surface area (Å²) in [7, 11) is 0. The van der Waals surface area contributed by atoms with Crippen molar-refractivity contribution >= 4 is 11.6 Å². The van der Waals surface area contributed by atoms with Gasteiger partial charge < -0.3 is 0 Å². The highest BCUT2D eigenvalue weighted by Crippen LogP contribution is 2.29. The van der Waals surface area contributed by atoms with Gasteiger partial charge in [-0.15, -0.1) is 11.6 Å². The van der Waals surface area contributed by atoms with E-state index in [0.29, 0.717) is 12.4 Å². The van der Waals surface area contributed by atoms with Crippen molar-refractivity contribution in [2.75, 3.05) is 38.6 Å². The number of hydrogen-bond donors (Lipinski definition) is 0. The molecule has 0 atom stereocenters. The number of alkyl halides is 4. The maximum Gasteiger partial charge on any atom is 0.416 e. The average molecular weight is 307 g/mol. The van der Waals surface area contributed by atoms with Gasteiger partial charge in [0, 0.05) is 45.1 Å². The third kappa shape index (κ3) is 4.36. The van der Waals surface area contributed by atoms with Crippen molar-refractivity contribution in [3.8, 4) is 0 Å². The fraction of sp³-hybridized carbons (Fsp3) is 0.571. The van der Waals surface area contributed by atoms with E-state index in [4.69, 9.17) is 11.6 Å². The molecule has 6 heteroatoms. The molecule has 1 aromatic carbocycles. The van der Waals surface area contributed by atoms with Gasteiger partial charge in [0.1, 0.15) is 0 Å². The standard InChI is InChI=1S/C14H18ClF3N2/c15-5-6-19-7-9-20(10-8-19)11-12-1-3-13(4-2-12)14(16,17)18/h1-4H,5-11H2. The highest BCUT2D eigenvalue weighted by Gasteiger charge is 2.30. The van der Waals surface area contributed by atoms with Crippen LogP contribution in [0, 0.1) is 0 Å². The lowest BCUT2D eigenvalue weighted by Crippen LogP contribution is -2.46. The van der Waals surface area contributed by atoms with E-state index in [1.54, 1.807) is 12.1 Å². The van der Waals surface area contributed by atoms with Crippen molar-refractivity contribution in [2.24, 2.45) is 0 Å². The molecule has 1 heterocycles. The fourth-order valence-electron chi connectivity index (χ4n) is 2.35. The third-order valence-electron chi connectivity index (χ3n) is 3.55. The number of halogens is 4. The first-order valence-electron chi connectivity index (χ1n) is 6.66. The second kappa shape index (κ2) is 6.78. The van der Waals surface area contributed by atoms with Gasteiger partial charge in [0.05, 0.1) is 5.56 Å². The van der Waals surface area contributed by atoms with E-state index in [0.717, 1.165) is 50.4 Å². The molecule has 1 fully saturated rings. The van der Waals surface area contributed by atoms with Gasteiger partial charge in [-0.2, -0.15) is 13.2 Å². The normalized spacial score (nSPS) is 18.4. The first-order valence-corrected chi connectivity index (χ1v) is 7.19. The average Bonchev–Trinajstić information content (AvgIpc) is 2.41. The Morgan fingerprint density at radius 2 is 1.50 bits per heavy atom. The van der Waals surface area contributed by atoms with Gasteiger partial charge in [0.25, 0.3) is 0 Å². The molecule has 0 aliphatic carbocycles. The topological polar surface area (TPSA) is 6.48 Å². The Kier molecular flexibility index (Phi) is 5.29. The highest BCUT2D eigenvalue weighted by molar-refractivity contribution is 6.18. The SMILES string of the molecule is FC(F)(F)c1ccc(CN2CCN(CCCl)CC2)cc1. The Labute approximate surface area is 122 Å². The number of piperazine rings is 1. The Morgan fingerprint density at radius 3 is 2.00 bits per heavy atom. The Balaban J connectivity index is 1.85. The van der Waals surface area contributed by atoms with Crippen LogP contribution in [0.3, 0.4) is 0 Å². The van der Waals surface area contributed by atoms with Crippen molar-refractivity contribution in [3.63, 3.8) is 0 Å². The van der Waals surface area contributed by atoms with E-state index in [-0.39, 0.29) is 0 Å². The summed E-state index contributed by atoms with van der Waals surface area (Å²) < 4.78 is 37.4. The van der Waals surface area contributed by atoms with E-state index < -0.39 is 11.7 Å². The molecule has 0 radical (unpaired) electrons. The second-order valence-corrected chi connectivity index (χ2v) is 5.38. The van der Waals surface area contributed by atoms with Crippen LogP contribution in [0.2, 0.25) is 0 Å². The summed E-state index contributed by atoms with van der Waals surface area (Å²) >= 11 is 5.71. The molecule has 20 heavy (non-hydrogen) atoms. The predicted octanol–water partition coefficient (Wildman–Crippen LogP) is 3.06. The van der Waals surface area contributed by atoms with Gasteiger partial charge >= 0.3 is 6.18 Å². The lowest BCUT2D eigenvalue weighted by Gasteiger charge is -2.34. The van der Waals surface area contributed by atoms with E-state index >= 15 is 0 Å². The van der Waals surface area contributed by atoms with E-state index in [9.17, 15) is 13.2 Å². The van der Waals surface area contributed by atoms with E-state index in [1.807, 2.05) is 0 Å². The number of nitrogens with zero attached hydrogens (tertiary/aromatic N) is 2. The highest BCUT2D eigenvalue weighted by atomic mass is 35.5. The minimum atomic E-state index is -4.26. The van der Waals surface area contributed by atoms with E-state index in [2.05, 4.69) is 9.80 Å². The molecule has 0 saturated carbocycles. The molecule has 0 spiro atoms. The minimum Gasteiger partial charge on any atom is -0.300 e. The zero-order chi connectivity index (χ0) is 14.6. The molecule has 0 unspecified atom stereocenters. The second-order valence-electron chi connectivity index (χ2n) is 5.00. The first kappa shape index (κ1) is 15.6. The Hall–Kier alpha value is -0.780. The molecular weight excluding hydrogens is 289 g/mol. The molecule has 0 aromatic heterocycles. The zero-order valence-electron chi connectivity index (χ0n) is 11.2. The maximum absolute atomic E-state index is 12.5. The van der Waals surface area contributed by atoms with Crippen LogP contribution < -0.4 is 0 Å². The summed E-state index contributed by atoms with van der Waals surface area (Å²) in [5.74, 6) is 0.638. The summed E-state index contributed by atoms with van der Waals surface area (Å²) in [5, 5.41) is 0. The molecule has 112 valence electrons. The van der Waals surface area contributed by atoms with Crippen molar-refractivity contribution in [1.82, 2.24) is 9.80 Å². The van der Waals surface area contributed by atoms with Gasteiger partial charge in [-0.05, 0) is 17.7 Å². The van der Waals surface area contributed by atoms with Crippen molar-refractivity contribution in [3.05, 3.63) is 35.4 Å². The lowest BCUT2D eigenvalue weighted by molar-refractivity contribution is -0.137. The van der Waals surface area contributed by atoms with Crippen LogP contribution in [0.15, 0.2) is 24.3 Å².